The molecule has 0 bridgehead atoms. The molecule has 0 radical (unpaired) electrons. The summed E-state index contributed by atoms with van der Waals surface area (Å²) in [6.07, 6.45) is 3.92. The number of hydrogen-bond acceptors (Lipinski definition) is 1. The fraction of sp³-hybridized carbons (Fsp3) is 0.368. The van der Waals surface area contributed by atoms with E-state index in [1.165, 1.54) is 46.6 Å². The van der Waals surface area contributed by atoms with Gasteiger partial charge in [-0.05, 0) is 49.4 Å². The average molecular weight is 278 g/mol. The van der Waals surface area contributed by atoms with Crippen molar-refractivity contribution in [3.8, 4) is 0 Å². The summed E-state index contributed by atoms with van der Waals surface area (Å²) in [6, 6.07) is 15.7. The molecule has 0 unspecified atom stereocenters. The molecular weight excluding hydrogens is 256 g/mol. The summed E-state index contributed by atoms with van der Waals surface area (Å²) in [7, 11) is 0. The summed E-state index contributed by atoms with van der Waals surface area (Å²) in [5.41, 5.74) is 10.4. The van der Waals surface area contributed by atoms with Crippen molar-refractivity contribution in [1.82, 2.24) is 4.57 Å². The van der Waals surface area contributed by atoms with Gasteiger partial charge in [-0.1, -0.05) is 30.7 Å². The third-order valence-electron chi connectivity index (χ3n) is 5.16. The Balaban J connectivity index is 1.92. The zero-order chi connectivity index (χ0) is 14.4. The lowest BCUT2D eigenvalue weighted by Gasteiger charge is -2.31. The van der Waals surface area contributed by atoms with Gasteiger partial charge in [0.05, 0.1) is 0 Å². The summed E-state index contributed by atoms with van der Waals surface area (Å²) in [5, 5.41) is 2.69. The van der Waals surface area contributed by atoms with E-state index in [1.807, 2.05) is 0 Å². The van der Waals surface area contributed by atoms with Crippen molar-refractivity contribution in [3.05, 3.63) is 48.0 Å². The summed E-state index contributed by atoms with van der Waals surface area (Å²) in [6.45, 7) is 3.21. The smallest absolute Gasteiger partial charge is 0.0491 e. The van der Waals surface area contributed by atoms with Gasteiger partial charge in [0.1, 0.15) is 0 Å². The van der Waals surface area contributed by atoms with Crippen LogP contribution in [0, 0.1) is 5.92 Å². The Morgan fingerprint density at radius 3 is 2.57 bits per heavy atom. The van der Waals surface area contributed by atoms with Gasteiger partial charge in [-0.15, -0.1) is 0 Å². The maximum Gasteiger partial charge on any atom is 0.0491 e. The van der Waals surface area contributed by atoms with E-state index in [0.29, 0.717) is 5.92 Å². The van der Waals surface area contributed by atoms with Crippen LogP contribution >= 0.6 is 0 Å². The van der Waals surface area contributed by atoms with Crippen molar-refractivity contribution >= 4 is 21.8 Å². The maximum absolute atomic E-state index is 6.47. The minimum atomic E-state index is 0.201. The molecule has 1 heterocycles. The van der Waals surface area contributed by atoms with Crippen LogP contribution in [0.3, 0.4) is 0 Å². The highest BCUT2D eigenvalue weighted by Gasteiger charge is 2.25. The Hall–Kier alpha value is -1.80. The summed E-state index contributed by atoms with van der Waals surface area (Å²) in [5.74, 6) is 0.682. The van der Waals surface area contributed by atoms with E-state index in [-0.39, 0.29) is 6.04 Å². The molecule has 2 N–H and O–H groups in total. The molecule has 0 aliphatic heterocycles. The van der Waals surface area contributed by atoms with Crippen LogP contribution in [0.25, 0.3) is 21.8 Å². The van der Waals surface area contributed by atoms with E-state index in [0.717, 1.165) is 6.54 Å². The SMILES string of the molecule is CCn1c2ccccc2c2cc([C@H](N)C3CCC3)ccc21. The number of aryl methyl sites for hydroxylation is 1. The third kappa shape index (κ3) is 1.90. The van der Waals surface area contributed by atoms with E-state index in [1.54, 1.807) is 0 Å². The molecule has 21 heavy (non-hydrogen) atoms. The van der Waals surface area contributed by atoms with Crippen molar-refractivity contribution < 1.29 is 0 Å². The van der Waals surface area contributed by atoms with Crippen LogP contribution in [0.2, 0.25) is 0 Å². The first kappa shape index (κ1) is 12.9. The zero-order valence-electron chi connectivity index (χ0n) is 12.5. The quantitative estimate of drug-likeness (QED) is 0.745. The van der Waals surface area contributed by atoms with Crippen molar-refractivity contribution in [2.75, 3.05) is 0 Å². The normalized spacial score (nSPS) is 17.2. The molecule has 108 valence electrons. The van der Waals surface area contributed by atoms with E-state index >= 15 is 0 Å². The van der Waals surface area contributed by atoms with Gasteiger partial charge < -0.3 is 10.3 Å². The van der Waals surface area contributed by atoms with Gasteiger partial charge in [0, 0.05) is 34.4 Å². The molecule has 1 fully saturated rings. The number of nitrogens with two attached hydrogens (primary N) is 1. The predicted octanol–water partition coefficient (Wildman–Crippen LogP) is 4.61. The predicted molar refractivity (Wildman–Crippen MR) is 89.4 cm³/mol. The zero-order valence-corrected chi connectivity index (χ0v) is 12.5. The van der Waals surface area contributed by atoms with Crippen LogP contribution < -0.4 is 5.73 Å². The minimum Gasteiger partial charge on any atom is -0.341 e. The Morgan fingerprint density at radius 2 is 1.86 bits per heavy atom. The van der Waals surface area contributed by atoms with Gasteiger partial charge in [-0.3, -0.25) is 0 Å². The van der Waals surface area contributed by atoms with Crippen molar-refractivity contribution in [3.63, 3.8) is 0 Å². The highest BCUT2D eigenvalue weighted by molar-refractivity contribution is 6.08. The van der Waals surface area contributed by atoms with E-state index < -0.39 is 0 Å². The number of nitrogens with zero attached hydrogens (tertiary/aromatic N) is 1. The molecule has 0 spiro atoms. The molecule has 3 aromatic rings. The fourth-order valence-corrected chi connectivity index (χ4v) is 3.69. The molecule has 4 rings (SSSR count). The van der Waals surface area contributed by atoms with Crippen LogP contribution in [0.5, 0.6) is 0 Å². The Bertz CT molecular complexity index is 796. The van der Waals surface area contributed by atoms with Gasteiger partial charge >= 0.3 is 0 Å². The van der Waals surface area contributed by atoms with E-state index in [2.05, 4.69) is 54.0 Å². The van der Waals surface area contributed by atoms with Crippen LogP contribution in [0.15, 0.2) is 42.5 Å². The number of rotatable bonds is 3. The monoisotopic (exact) mass is 278 g/mol. The summed E-state index contributed by atoms with van der Waals surface area (Å²) in [4.78, 5) is 0. The van der Waals surface area contributed by atoms with Gasteiger partial charge in [-0.25, -0.2) is 0 Å². The average Bonchev–Trinajstić information content (AvgIpc) is 2.78. The Labute approximate surface area is 125 Å². The van der Waals surface area contributed by atoms with E-state index in [4.69, 9.17) is 5.73 Å². The second kappa shape index (κ2) is 4.88. The van der Waals surface area contributed by atoms with Crippen molar-refractivity contribution in [1.29, 1.82) is 0 Å². The maximum atomic E-state index is 6.47. The lowest BCUT2D eigenvalue weighted by molar-refractivity contribution is 0.264. The molecule has 2 nitrogen and oxygen atoms in total. The number of para-hydroxylation sites is 1. The van der Waals surface area contributed by atoms with Crippen LogP contribution in [0.4, 0.5) is 0 Å². The molecule has 1 atom stereocenters. The number of aromatic nitrogens is 1. The topological polar surface area (TPSA) is 30.9 Å². The molecular formula is C19H22N2. The number of hydrogen-bond donors (Lipinski definition) is 1. The number of fused-ring (bicyclic) bond motifs is 3. The second-order valence-corrected chi connectivity index (χ2v) is 6.25. The Kier molecular flexibility index (Phi) is 3.00. The first-order valence-corrected chi connectivity index (χ1v) is 8.06. The molecule has 1 aliphatic rings. The van der Waals surface area contributed by atoms with Gasteiger partial charge in [0.15, 0.2) is 0 Å². The molecule has 0 saturated heterocycles. The standard InChI is InChI=1S/C19H22N2/c1-2-21-17-9-4-3-8-15(17)16-12-14(10-11-18(16)21)19(20)13-6-5-7-13/h3-4,8-13,19H,2,5-7,20H2,1H3/t19-/m1/s1. The first-order valence-electron chi connectivity index (χ1n) is 8.06. The minimum absolute atomic E-state index is 0.201. The summed E-state index contributed by atoms with van der Waals surface area (Å²) < 4.78 is 2.39. The molecule has 1 aromatic heterocycles. The molecule has 1 saturated carbocycles. The van der Waals surface area contributed by atoms with Crippen molar-refractivity contribution in [2.24, 2.45) is 11.7 Å². The highest BCUT2D eigenvalue weighted by Crippen LogP contribution is 2.38. The number of benzene rings is 2. The molecule has 0 amide bonds. The molecule has 1 aliphatic carbocycles. The molecule has 2 heteroatoms. The third-order valence-corrected chi connectivity index (χ3v) is 5.16. The lowest BCUT2D eigenvalue weighted by Crippen LogP contribution is -2.26. The van der Waals surface area contributed by atoms with Gasteiger partial charge in [0.25, 0.3) is 0 Å². The first-order chi connectivity index (χ1) is 10.3. The van der Waals surface area contributed by atoms with Crippen LogP contribution in [0.1, 0.15) is 37.8 Å². The summed E-state index contributed by atoms with van der Waals surface area (Å²) >= 11 is 0. The fourth-order valence-electron chi connectivity index (χ4n) is 3.69. The van der Waals surface area contributed by atoms with Crippen molar-refractivity contribution in [2.45, 2.75) is 38.8 Å². The highest BCUT2D eigenvalue weighted by atomic mass is 15.0. The van der Waals surface area contributed by atoms with E-state index in [9.17, 15) is 0 Å². The van der Waals surface area contributed by atoms with Crippen LogP contribution in [-0.4, -0.2) is 4.57 Å². The second-order valence-electron chi connectivity index (χ2n) is 6.25. The van der Waals surface area contributed by atoms with Gasteiger partial charge in [-0.2, -0.15) is 0 Å². The lowest BCUT2D eigenvalue weighted by atomic mass is 9.77. The molecule has 2 aromatic carbocycles. The Morgan fingerprint density at radius 1 is 1.10 bits per heavy atom. The van der Waals surface area contributed by atoms with Gasteiger partial charge in [0.2, 0.25) is 0 Å². The van der Waals surface area contributed by atoms with Crippen LogP contribution in [-0.2, 0) is 6.54 Å². The largest absolute Gasteiger partial charge is 0.341 e.